The molecule has 2 N–H and O–H groups in total. The number of primary sulfonamides is 1. The van der Waals surface area contributed by atoms with Gasteiger partial charge in [0.15, 0.2) is 0 Å². The quantitative estimate of drug-likeness (QED) is 0.808. The molecule has 3 aromatic rings. The van der Waals surface area contributed by atoms with Gasteiger partial charge in [0.05, 0.1) is 10.6 Å². The number of aryl methyl sites for hydroxylation is 1. The van der Waals surface area contributed by atoms with E-state index in [4.69, 9.17) is 5.14 Å². The molecule has 0 atom stereocenters. The van der Waals surface area contributed by atoms with Gasteiger partial charge in [0.2, 0.25) is 10.0 Å². The van der Waals surface area contributed by atoms with E-state index in [9.17, 15) is 8.42 Å². The molecule has 4 nitrogen and oxygen atoms in total. The predicted molar refractivity (Wildman–Crippen MR) is 86.2 cm³/mol. The molecule has 0 aliphatic carbocycles. The Morgan fingerprint density at radius 3 is 2.18 bits per heavy atom. The lowest BCUT2D eigenvalue weighted by Crippen LogP contribution is -2.11. The number of rotatable bonds is 3. The largest absolute Gasteiger partial charge is 0.314 e. The summed E-state index contributed by atoms with van der Waals surface area (Å²) in [6, 6.07) is 21.3. The van der Waals surface area contributed by atoms with Crippen LogP contribution in [0, 0.1) is 13.0 Å². The van der Waals surface area contributed by atoms with Gasteiger partial charge in [-0.1, -0.05) is 24.3 Å². The van der Waals surface area contributed by atoms with Crippen molar-refractivity contribution >= 4 is 10.0 Å². The molecule has 0 aliphatic rings. The summed E-state index contributed by atoms with van der Waals surface area (Å²) in [7, 11) is -3.67. The number of benzene rings is 2. The fraction of sp³-hybridized carbons (Fsp3) is 0.0588. The molecule has 0 unspecified atom stereocenters. The van der Waals surface area contributed by atoms with Crippen LogP contribution in [-0.2, 0) is 10.0 Å². The minimum Gasteiger partial charge on any atom is -0.314 e. The van der Waals surface area contributed by atoms with Gasteiger partial charge in [-0.3, -0.25) is 0 Å². The number of nitrogens with two attached hydrogens (primary N) is 1. The lowest BCUT2D eigenvalue weighted by molar-refractivity contribution is 0.598. The summed E-state index contributed by atoms with van der Waals surface area (Å²) in [5.74, 6) is 0. The Balaban J connectivity index is 2.11. The van der Waals surface area contributed by atoms with Crippen LogP contribution >= 0.6 is 0 Å². The summed E-state index contributed by atoms with van der Waals surface area (Å²) >= 11 is 0. The third-order valence-electron chi connectivity index (χ3n) is 3.51. The Labute approximate surface area is 129 Å². The summed E-state index contributed by atoms with van der Waals surface area (Å²) in [6.45, 7) is 2.03. The van der Waals surface area contributed by atoms with E-state index in [1.807, 2.05) is 43.3 Å². The van der Waals surface area contributed by atoms with Gasteiger partial charge >= 0.3 is 0 Å². The fourth-order valence-electron chi connectivity index (χ4n) is 2.45. The molecule has 1 radical (unpaired) electrons. The molecule has 0 spiro atoms. The van der Waals surface area contributed by atoms with Crippen molar-refractivity contribution in [2.24, 2.45) is 5.14 Å². The second kappa shape index (κ2) is 5.44. The molecule has 1 heterocycles. The smallest absolute Gasteiger partial charge is 0.238 e. The Kier molecular flexibility index (Phi) is 3.60. The molecule has 0 bridgehead atoms. The lowest BCUT2D eigenvalue weighted by atomic mass is 10.1. The van der Waals surface area contributed by atoms with Crippen LogP contribution in [0.3, 0.4) is 0 Å². The molecule has 3 rings (SSSR count). The van der Waals surface area contributed by atoms with Gasteiger partial charge in [0.1, 0.15) is 0 Å². The van der Waals surface area contributed by atoms with E-state index in [1.165, 1.54) is 12.1 Å². The molecule has 1 aromatic heterocycles. The molecular formula is C17H15N2O2S. The van der Waals surface area contributed by atoms with Gasteiger partial charge in [0.25, 0.3) is 0 Å². The fourth-order valence-corrected chi connectivity index (χ4v) is 2.96. The Morgan fingerprint density at radius 1 is 0.955 bits per heavy atom. The average molecular weight is 311 g/mol. The SMILES string of the molecule is Cc1ccc(-c2ccc(S(N)(=O)=O)cc2)n1-c1cc[c]cc1. The molecule has 2 aromatic carbocycles. The monoisotopic (exact) mass is 311 g/mol. The van der Waals surface area contributed by atoms with E-state index in [0.29, 0.717) is 0 Å². The predicted octanol–water partition coefficient (Wildman–Crippen LogP) is 2.90. The highest BCUT2D eigenvalue weighted by atomic mass is 32.2. The first kappa shape index (κ1) is 14.6. The van der Waals surface area contributed by atoms with E-state index in [1.54, 1.807) is 12.1 Å². The normalized spacial score (nSPS) is 11.5. The second-order valence-corrected chi connectivity index (χ2v) is 6.58. The van der Waals surface area contributed by atoms with Crippen molar-refractivity contribution in [3.05, 3.63) is 72.4 Å². The Bertz CT molecular complexity index is 896. The maximum absolute atomic E-state index is 11.3. The summed E-state index contributed by atoms with van der Waals surface area (Å²) < 4.78 is 24.8. The van der Waals surface area contributed by atoms with E-state index in [2.05, 4.69) is 10.6 Å². The van der Waals surface area contributed by atoms with Crippen LogP contribution in [0.4, 0.5) is 0 Å². The standard InChI is InChI=1S/C17H15N2O2S/c1-13-7-12-17(19(13)15-5-3-2-4-6-15)14-8-10-16(11-9-14)22(18,20)21/h3-12H,1H3,(H2,18,20,21). The molecule has 0 fully saturated rings. The molecule has 5 heteroatoms. The van der Waals surface area contributed by atoms with Crippen molar-refractivity contribution in [3.63, 3.8) is 0 Å². The van der Waals surface area contributed by atoms with Gasteiger partial charge in [-0.15, -0.1) is 0 Å². The highest BCUT2D eigenvalue weighted by Crippen LogP contribution is 2.27. The van der Waals surface area contributed by atoms with Crippen LogP contribution in [0.1, 0.15) is 5.69 Å². The molecule has 0 saturated carbocycles. The van der Waals surface area contributed by atoms with Gasteiger partial charge < -0.3 is 4.57 Å². The zero-order valence-corrected chi connectivity index (χ0v) is 12.8. The summed E-state index contributed by atoms with van der Waals surface area (Å²) in [5.41, 5.74) is 4.04. The van der Waals surface area contributed by atoms with E-state index < -0.39 is 10.0 Å². The minimum atomic E-state index is -3.67. The third-order valence-corrected chi connectivity index (χ3v) is 4.44. The highest BCUT2D eigenvalue weighted by Gasteiger charge is 2.11. The van der Waals surface area contributed by atoms with Crippen LogP contribution in [0.2, 0.25) is 0 Å². The maximum atomic E-state index is 11.3. The number of aromatic nitrogens is 1. The number of hydrogen-bond donors (Lipinski definition) is 1. The van der Waals surface area contributed by atoms with Gasteiger partial charge in [-0.25, -0.2) is 13.6 Å². The minimum absolute atomic E-state index is 0.111. The first-order chi connectivity index (χ1) is 10.5. The topological polar surface area (TPSA) is 65.1 Å². The maximum Gasteiger partial charge on any atom is 0.238 e. The molecule has 0 saturated heterocycles. The third kappa shape index (κ3) is 2.68. The lowest BCUT2D eigenvalue weighted by Gasteiger charge is -2.12. The number of nitrogens with zero attached hydrogens (tertiary/aromatic N) is 1. The van der Waals surface area contributed by atoms with Crippen molar-refractivity contribution in [1.29, 1.82) is 0 Å². The summed E-state index contributed by atoms with van der Waals surface area (Å²) in [5, 5.41) is 5.13. The summed E-state index contributed by atoms with van der Waals surface area (Å²) in [6.07, 6.45) is 0. The van der Waals surface area contributed by atoms with Crippen LogP contribution in [-0.4, -0.2) is 13.0 Å². The molecule has 22 heavy (non-hydrogen) atoms. The van der Waals surface area contributed by atoms with Crippen LogP contribution in [0.25, 0.3) is 16.9 Å². The summed E-state index contributed by atoms with van der Waals surface area (Å²) in [4.78, 5) is 0.111. The van der Waals surface area contributed by atoms with Crippen molar-refractivity contribution < 1.29 is 8.42 Å². The number of hydrogen-bond acceptors (Lipinski definition) is 2. The van der Waals surface area contributed by atoms with Crippen molar-refractivity contribution in [2.75, 3.05) is 0 Å². The van der Waals surface area contributed by atoms with Crippen LogP contribution < -0.4 is 5.14 Å². The van der Waals surface area contributed by atoms with E-state index >= 15 is 0 Å². The molecule has 0 aliphatic heterocycles. The molecule has 111 valence electrons. The van der Waals surface area contributed by atoms with Crippen molar-refractivity contribution in [1.82, 2.24) is 4.57 Å². The molecular weight excluding hydrogens is 296 g/mol. The average Bonchev–Trinajstić information content (AvgIpc) is 2.89. The Hall–Kier alpha value is -2.37. The highest BCUT2D eigenvalue weighted by molar-refractivity contribution is 7.89. The van der Waals surface area contributed by atoms with E-state index in [0.717, 1.165) is 22.6 Å². The van der Waals surface area contributed by atoms with Gasteiger partial charge in [0, 0.05) is 11.4 Å². The zero-order valence-electron chi connectivity index (χ0n) is 12.0. The first-order valence-corrected chi connectivity index (χ1v) is 8.29. The van der Waals surface area contributed by atoms with Crippen molar-refractivity contribution in [3.8, 4) is 16.9 Å². The van der Waals surface area contributed by atoms with E-state index in [-0.39, 0.29) is 4.90 Å². The Morgan fingerprint density at radius 2 is 1.59 bits per heavy atom. The van der Waals surface area contributed by atoms with Gasteiger partial charge in [-0.05, 0) is 55.0 Å². The number of sulfonamides is 1. The second-order valence-electron chi connectivity index (χ2n) is 5.02. The van der Waals surface area contributed by atoms with Crippen LogP contribution in [0.5, 0.6) is 0 Å². The molecule has 0 amide bonds. The first-order valence-electron chi connectivity index (χ1n) is 6.75. The van der Waals surface area contributed by atoms with Gasteiger partial charge in [-0.2, -0.15) is 0 Å². The zero-order chi connectivity index (χ0) is 15.7. The van der Waals surface area contributed by atoms with Crippen molar-refractivity contribution in [2.45, 2.75) is 11.8 Å². The van der Waals surface area contributed by atoms with Crippen LogP contribution in [0.15, 0.2) is 65.6 Å².